The van der Waals surface area contributed by atoms with Crippen LogP contribution in [-0.2, 0) is 11.3 Å². The zero-order valence-electron chi connectivity index (χ0n) is 10.7. The molecule has 0 spiro atoms. The second-order valence-electron chi connectivity index (χ2n) is 4.44. The number of nitrogens with one attached hydrogen (secondary N) is 1. The molecule has 0 radical (unpaired) electrons. The van der Waals surface area contributed by atoms with E-state index in [1.165, 1.54) is 5.56 Å². The molecule has 0 heterocycles. The van der Waals surface area contributed by atoms with Crippen molar-refractivity contribution in [2.45, 2.75) is 19.5 Å². The molecule has 0 saturated heterocycles. The number of ether oxygens (including phenoxy) is 1. The molecule has 1 unspecified atom stereocenters. The zero-order valence-corrected chi connectivity index (χ0v) is 10.7. The first-order chi connectivity index (χ1) is 7.61. The van der Waals surface area contributed by atoms with E-state index in [1.54, 1.807) is 7.11 Å². The molecule has 0 aliphatic heterocycles. The maximum absolute atomic E-state index is 5.08. The van der Waals surface area contributed by atoms with Gasteiger partial charge in [0.2, 0.25) is 0 Å². The molecular formula is C13H22N2O. The van der Waals surface area contributed by atoms with Crippen molar-refractivity contribution >= 4 is 5.69 Å². The number of rotatable bonds is 6. The lowest BCUT2D eigenvalue weighted by Gasteiger charge is -2.15. The van der Waals surface area contributed by atoms with Crippen LogP contribution >= 0.6 is 0 Å². The largest absolute Gasteiger partial charge is 0.383 e. The zero-order chi connectivity index (χ0) is 12.0. The molecule has 1 aromatic rings. The molecule has 0 fully saturated rings. The second-order valence-corrected chi connectivity index (χ2v) is 4.44. The Bertz CT molecular complexity index is 295. The van der Waals surface area contributed by atoms with Crippen molar-refractivity contribution in [2.24, 2.45) is 0 Å². The van der Waals surface area contributed by atoms with Gasteiger partial charge in [0.15, 0.2) is 0 Å². The SMILES string of the molecule is COCC(C)Nc1ccc(CN(C)C)cc1. The van der Waals surface area contributed by atoms with E-state index in [4.69, 9.17) is 4.74 Å². The highest BCUT2D eigenvalue weighted by Gasteiger charge is 2.01. The van der Waals surface area contributed by atoms with E-state index in [0.717, 1.165) is 18.8 Å². The normalized spacial score (nSPS) is 12.8. The average molecular weight is 222 g/mol. The highest BCUT2D eigenvalue weighted by molar-refractivity contribution is 5.45. The Morgan fingerprint density at radius 2 is 1.88 bits per heavy atom. The van der Waals surface area contributed by atoms with Crippen LogP contribution in [0.4, 0.5) is 5.69 Å². The van der Waals surface area contributed by atoms with E-state index < -0.39 is 0 Å². The smallest absolute Gasteiger partial charge is 0.0661 e. The van der Waals surface area contributed by atoms with Crippen molar-refractivity contribution < 1.29 is 4.74 Å². The first kappa shape index (κ1) is 13.0. The van der Waals surface area contributed by atoms with Gasteiger partial charge in [-0.15, -0.1) is 0 Å². The minimum atomic E-state index is 0.338. The van der Waals surface area contributed by atoms with Gasteiger partial charge < -0.3 is 15.0 Å². The first-order valence-electron chi connectivity index (χ1n) is 5.61. The monoisotopic (exact) mass is 222 g/mol. The minimum absolute atomic E-state index is 0.338. The van der Waals surface area contributed by atoms with Gasteiger partial charge in [-0.1, -0.05) is 12.1 Å². The Kier molecular flexibility index (Phi) is 5.29. The van der Waals surface area contributed by atoms with E-state index in [1.807, 2.05) is 0 Å². The number of hydrogen-bond donors (Lipinski definition) is 1. The minimum Gasteiger partial charge on any atom is -0.383 e. The number of anilines is 1. The lowest BCUT2D eigenvalue weighted by Crippen LogP contribution is -2.20. The summed E-state index contributed by atoms with van der Waals surface area (Å²) in [5.41, 5.74) is 2.47. The predicted octanol–water partition coefficient (Wildman–Crippen LogP) is 2.20. The summed E-state index contributed by atoms with van der Waals surface area (Å²) in [7, 11) is 5.87. The molecule has 90 valence electrons. The molecule has 0 aromatic heterocycles. The Morgan fingerprint density at radius 1 is 1.25 bits per heavy atom. The fourth-order valence-electron chi connectivity index (χ4n) is 1.65. The summed E-state index contributed by atoms with van der Waals surface area (Å²) in [6.07, 6.45) is 0. The topological polar surface area (TPSA) is 24.5 Å². The van der Waals surface area contributed by atoms with Crippen LogP contribution in [0.1, 0.15) is 12.5 Å². The van der Waals surface area contributed by atoms with Crippen molar-refractivity contribution in [3.63, 3.8) is 0 Å². The fourth-order valence-corrected chi connectivity index (χ4v) is 1.65. The van der Waals surface area contributed by atoms with E-state index in [9.17, 15) is 0 Å². The van der Waals surface area contributed by atoms with Gasteiger partial charge in [0.1, 0.15) is 0 Å². The molecule has 1 aromatic carbocycles. The number of nitrogens with zero attached hydrogens (tertiary/aromatic N) is 1. The molecule has 16 heavy (non-hydrogen) atoms. The molecule has 3 nitrogen and oxygen atoms in total. The fraction of sp³-hybridized carbons (Fsp3) is 0.538. The quantitative estimate of drug-likeness (QED) is 0.798. The maximum atomic E-state index is 5.08. The van der Waals surface area contributed by atoms with Crippen LogP contribution in [0, 0.1) is 0 Å². The van der Waals surface area contributed by atoms with Gasteiger partial charge in [-0.05, 0) is 38.7 Å². The predicted molar refractivity (Wildman–Crippen MR) is 68.8 cm³/mol. The summed E-state index contributed by atoms with van der Waals surface area (Å²) < 4.78 is 5.08. The average Bonchev–Trinajstić information content (AvgIpc) is 2.20. The molecule has 1 atom stereocenters. The summed E-state index contributed by atoms with van der Waals surface area (Å²) >= 11 is 0. The van der Waals surface area contributed by atoms with Crippen molar-refractivity contribution in [2.75, 3.05) is 33.1 Å². The number of benzene rings is 1. The number of hydrogen-bond acceptors (Lipinski definition) is 3. The van der Waals surface area contributed by atoms with Gasteiger partial charge >= 0.3 is 0 Å². The maximum Gasteiger partial charge on any atom is 0.0661 e. The lowest BCUT2D eigenvalue weighted by molar-refractivity contribution is 0.190. The van der Waals surface area contributed by atoms with Gasteiger partial charge in [-0.3, -0.25) is 0 Å². The van der Waals surface area contributed by atoms with Crippen LogP contribution in [0.15, 0.2) is 24.3 Å². The van der Waals surface area contributed by atoms with Gasteiger partial charge in [0.05, 0.1) is 6.61 Å². The molecule has 0 aliphatic rings. The highest BCUT2D eigenvalue weighted by atomic mass is 16.5. The summed E-state index contributed by atoms with van der Waals surface area (Å²) in [5, 5.41) is 3.38. The Morgan fingerprint density at radius 3 is 2.38 bits per heavy atom. The van der Waals surface area contributed by atoms with Gasteiger partial charge in [0.25, 0.3) is 0 Å². The van der Waals surface area contributed by atoms with E-state index >= 15 is 0 Å². The second kappa shape index (κ2) is 6.51. The number of methoxy groups -OCH3 is 1. The third-order valence-corrected chi connectivity index (χ3v) is 2.28. The summed E-state index contributed by atoms with van der Waals surface area (Å²) in [6.45, 7) is 3.81. The molecule has 0 aliphatic carbocycles. The van der Waals surface area contributed by atoms with Crippen LogP contribution < -0.4 is 5.32 Å². The van der Waals surface area contributed by atoms with E-state index in [0.29, 0.717) is 6.04 Å². The van der Waals surface area contributed by atoms with Crippen molar-refractivity contribution in [3.8, 4) is 0 Å². The van der Waals surface area contributed by atoms with Crippen LogP contribution in [0.3, 0.4) is 0 Å². The van der Waals surface area contributed by atoms with Crippen molar-refractivity contribution in [1.29, 1.82) is 0 Å². The lowest BCUT2D eigenvalue weighted by atomic mass is 10.2. The van der Waals surface area contributed by atoms with Gasteiger partial charge in [0, 0.05) is 25.4 Å². The van der Waals surface area contributed by atoms with Crippen LogP contribution in [0.2, 0.25) is 0 Å². The standard InChI is InChI=1S/C13H22N2O/c1-11(10-16-4)14-13-7-5-12(6-8-13)9-15(2)3/h5-8,11,14H,9-10H2,1-4H3. The summed E-state index contributed by atoms with van der Waals surface area (Å²) in [6, 6.07) is 8.88. The Labute approximate surface area is 98.4 Å². The molecule has 3 heteroatoms. The molecular weight excluding hydrogens is 200 g/mol. The molecule has 0 saturated carbocycles. The molecule has 0 amide bonds. The molecule has 1 N–H and O–H groups in total. The summed E-state index contributed by atoms with van der Waals surface area (Å²) in [4.78, 5) is 2.16. The van der Waals surface area contributed by atoms with Crippen LogP contribution in [0.5, 0.6) is 0 Å². The van der Waals surface area contributed by atoms with E-state index in [2.05, 4.69) is 55.5 Å². The Balaban J connectivity index is 2.50. The van der Waals surface area contributed by atoms with Crippen LogP contribution in [-0.4, -0.2) is 38.8 Å². The van der Waals surface area contributed by atoms with Gasteiger partial charge in [-0.2, -0.15) is 0 Å². The summed E-state index contributed by atoms with van der Waals surface area (Å²) in [5.74, 6) is 0. The molecule has 1 rings (SSSR count). The van der Waals surface area contributed by atoms with Crippen LogP contribution in [0.25, 0.3) is 0 Å². The molecule has 0 bridgehead atoms. The Hall–Kier alpha value is -1.06. The van der Waals surface area contributed by atoms with Crippen molar-refractivity contribution in [1.82, 2.24) is 4.90 Å². The van der Waals surface area contributed by atoms with E-state index in [-0.39, 0.29) is 0 Å². The van der Waals surface area contributed by atoms with Crippen molar-refractivity contribution in [3.05, 3.63) is 29.8 Å². The van der Waals surface area contributed by atoms with Gasteiger partial charge in [-0.25, -0.2) is 0 Å². The highest BCUT2D eigenvalue weighted by Crippen LogP contribution is 2.11. The first-order valence-corrected chi connectivity index (χ1v) is 5.61. The third-order valence-electron chi connectivity index (χ3n) is 2.28. The third kappa shape index (κ3) is 4.64.